The van der Waals surface area contributed by atoms with Gasteiger partial charge in [-0.05, 0) is 90.1 Å². The van der Waals surface area contributed by atoms with Gasteiger partial charge < -0.3 is 0 Å². The largest absolute Gasteiger partial charge is 0.0622 e. The first-order valence-electron chi connectivity index (χ1n) is 19.2. The lowest BCUT2D eigenvalue weighted by Crippen LogP contribution is -1.89. The fourth-order valence-corrected chi connectivity index (χ4v) is 7.03. The van der Waals surface area contributed by atoms with Crippen molar-refractivity contribution < 1.29 is 0 Å². The Morgan fingerprint density at radius 2 is 0.625 bits per heavy atom. The van der Waals surface area contributed by atoms with Gasteiger partial charge >= 0.3 is 0 Å². The SMILES string of the molecule is C(=Cc1cccc(-c2ccccc2)c1C=Cc1ccc(C=C(c2ccccc2)c2ccccc2)cc1)c1ccc(C=C(c2ccccc2)c2ccccc2)cc1. The van der Waals surface area contributed by atoms with Crippen molar-refractivity contribution in [1.29, 1.82) is 0 Å². The maximum Gasteiger partial charge on any atom is -0.0105 e. The van der Waals surface area contributed by atoms with Crippen LogP contribution in [0.3, 0.4) is 0 Å². The first-order chi connectivity index (χ1) is 27.8. The normalized spacial score (nSPS) is 11.1. The van der Waals surface area contributed by atoms with E-state index in [0.29, 0.717) is 0 Å². The molecule has 0 aliphatic heterocycles. The molecule has 8 aromatic carbocycles. The molecule has 0 heterocycles. The maximum atomic E-state index is 2.28. The van der Waals surface area contributed by atoms with Crippen molar-refractivity contribution in [2.45, 2.75) is 0 Å². The van der Waals surface area contributed by atoms with Gasteiger partial charge in [0.1, 0.15) is 0 Å². The van der Waals surface area contributed by atoms with Gasteiger partial charge in [0.2, 0.25) is 0 Å². The van der Waals surface area contributed by atoms with Crippen molar-refractivity contribution in [3.63, 3.8) is 0 Å². The van der Waals surface area contributed by atoms with E-state index in [-0.39, 0.29) is 0 Å². The molecule has 0 radical (unpaired) electrons. The number of hydrogen-bond acceptors (Lipinski definition) is 0. The highest BCUT2D eigenvalue weighted by Crippen LogP contribution is 2.31. The van der Waals surface area contributed by atoms with E-state index in [2.05, 4.69) is 255 Å². The molecule has 0 atom stereocenters. The smallest absolute Gasteiger partial charge is 0.0105 e. The molecule has 0 fully saturated rings. The van der Waals surface area contributed by atoms with Crippen LogP contribution in [0.2, 0.25) is 0 Å². The summed E-state index contributed by atoms with van der Waals surface area (Å²) in [6.45, 7) is 0. The Kier molecular flexibility index (Phi) is 11.3. The van der Waals surface area contributed by atoms with E-state index in [1.54, 1.807) is 0 Å². The summed E-state index contributed by atoms with van der Waals surface area (Å²) in [4.78, 5) is 0. The molecule has 0 saturated heterocycles. The van der Waals surface area contributed by atoms with Crippen molar-refractivity contribution in [3.05, 3.63) is 274 Å². The second kappa shape index (κ2) is 17.7. The molecule has 8 aromatic rings. The van der Waals surface area contributed by atoms with Crippen LogP contribution in [0.15, 0.2) is 218 Å². The summed E-state index contributed by atoms with van der Waals surface area (Å²) >= 11 is 0. The van der Waals surface area contributed by atoms with Gasteiger partial charge in [0.05, 0.1) is 0 Å². The van der Waals surface area contributed by atoms with Crippen molar-refractivity contribution in [3.8, 4) is 11.1 Å². The fourth-order valence-electron chi connectivity index (χ4n) is 7.03. The molecule has 0 N–H and O–H groups in total. The van der Waals surface area contributed by atoms with Crippen molar-refractivity contribution >= 4 is 47.6 Å². The van der Waals surface area contributed by atoms with Crippen molar-refractivity contribution in [2.24, 2.45) is 0 Å². The van der Waals surface area contributed by atoms with Crippen LogP contribution < -0.4 is 0 Å². The summed E-state index contributed by atoms with van der Waals surface area (Å²) in [5, 5.41) is 0. The third kappa shape index (κ3) is 8.91. The molecule has 0 aromatic heterocycles. The van der Waals surface area contributed by atoms with Crippen LogP contribution in [0.1, 0.15) is 55.6 Å². The Labute approximate surface area is 331 Å². The summed E-state index contributed by atoms with van der Waals surface area (Å²) < 4.78 is 0. The minimum atomic E-state index is 1.15. The van der Waals surface area contributed by atoms with Crippen molar-refractivity contribution in [1.82, 2.24) is 0 Å². The predicted octanol–water partition coefficient (Wildman–Crippen LogP) is 14.9. The summed E-state index contributed by atoms with van der Waals surface area (Å²) in [7, 11) is 0. The van der Waals surface area contributed by atoms with Gasteiger partial charge in [-0.3, -0.25) is 0 Å². The molecule has 0 heteroatoms. The Morgan fingerprint density at radius 3 is 1.04 bits per heavy atom. The lowest BCUT2D eigenvalue weighted by atomic mass is 9.93. The summed E-state index contributed by atoms with van der Waals surface area (Å²) in [5.41, 5.74) is 16.6. The summed E-state index contributed by atoms with van der Waals surface area (Å²) in [5.74, 6) is 0. The molecule has 266 valence electrons. The number of benzene rings is 8. The lowest BCUT2D eigenvalue weighted by Gasteiger charge is -2.11. The number of hydrogen-bond donors (Lipinski definition) is 0. The van der Waals surface area contributed by atoms with Crippen LogP contribution >= 0.6 is 0 Å². The van der Waals surface area contributed by atoms with Crippen LogP contribution in [0.4, 0.5) is 0 Å². The first-order valence-corrected chi connectivity index (χ1v) is 19.2. The molecular weight excluding hydrogens is 673 g/mol. The van der Waals surface area contributed by atoms with E-state index in [1.165, 1.54) is 50.1 Å². The third-order valence-corrected chi connectivity index (χ3v) is 9.96. The van der Waals surface area contributed by atoms with E-state index in [1.807, 2.05) is 0 Å². The van der Waals surface area contributed by atoms with Crippen LogP contribution in [0, 0.1) is 0 Å². The van der Waals surface area contributed by atoms with Crippen LogP contribution in [-0.2, 0) is 0 Å². The predicted molar refractivity (Wildman–Crippen MR) is 242 cm³/mol. The highest BCUT2D eigenvalue weighted by molar-refractivity contribution is 5.93. The molecule has 0 aliphatic rings. The average Bonchev–Trinajstić information content (AvgIpc) is 3.28. The topological polar surface area (TPSA) is 0 Å². The maximum absolute atomic E-state index is 2.28. The highest BCUT2D eigenvalue weighted by atomic mass is 14.1. The van der Waals surface area contributed by atoms with Gasteiger partial charge in [0.15, 0.2) is 0 Å². The van der Waals surface area contributed by atoms with Gasteiger partial charge in [-0.15, -0.1) is 0 Å². The summed E-state index contributed by atoms with van der Waals surface area (Å²) in [6.07, 6.45) is 13.5. The van der Waals surface area contributed by atoms with E-state index in [0.717, 1.165) is 27.8 Å². The molecule has 8 rings (SSSR count). The van der Waals surface area contributed by atoms with E-state index in [4.69, 9.17) is 0 Å². The molecule has 0 spiro atoms. The van der Waals surface area contributed by atoms with E-state index < -0.39 is 0 Å². The standard InChI is InChI=1S/C56H42/c1-6-17-47(18-7-1)53-28-16-27-52(39-37-43-29-33-45(34-30-43)41-55(48-19-8-2-9-20-48)49-21-10-3-11-22-49)54(53)40-38-44-31-35-46(36-32-44)42-56(50-23-12-4-13-24-50)51-25-14-5-15-26-51/h1-42H. The van der Waals surface area contributed by atoms with Crippen LogP contribution in [0.25, 0.3) is 58.7 Å². The van der Waals surface area contributed by atoms with Gasteiger partial charge in [0, 0.05) is 0 Å². The van der Waals surface area contributed by atoms with Crippen LogP contribution in [-0.4, -0.2) is 0 Å². The van der Waals surface area contributed by atoms with E-state index in [9.17, 15) is 0 Å². The average molecular weight is 715 g/mol. The van der Waals surface area contributed by atoms with Crippen LogP contribution in [0.5, 0.6) is 0 Å². The highest BCUT2D eigenvalue weighted by Gasteiger charge is 2.09. The Balaban J connectivity index is 1.08. The zero-order chi connectivity index (χ0) is 37.8. The number of rotatable bonds is 11. The van der Waals surface area contributed by atoms with Gasteiger partial charge in [-0.2, -0.15) is 0 Å². The van der Waals surface area contributed by atoms with Gasteiger partial charge in [-0.25, -0.2) is 0 Å². The Morgan fingerprint density at radius 1 is 0.268 bits per heavy atom. The molecule has 0 saturated carbocycles. The molecule has 0 nitrogen and oxygen atoms in total. The quantitative estimate of drug-likeness (QED) is 0.117. The minimum Gasteiger partial charge on any atom is -0.0622 e. The lowest BCUT2D eigenvalue weighted by molar-refractivity contribution is 1.55. The monoisotopic (exact) mass is 714 g/mol. The minimum absolute atomic E-state index is 1.15. The molecule has 0 bridgehead atoms. The Hall–Kier alpha value is -7.28. The zero-order valence-corrected chi connectivity index (χ0v) is 31.2. The van der Waals surface area contributed by atoms with Crippen molar-refractivity contribution in [2.75, 3.05) is 0 Å². The molecule has 0 aliphatic carbocycles. The van der Waals surface area contributed by atoms with Gasteiger partial charge in [0.25, 0.3) is 0 Å². The molecule has 56 heavy (non-hydrogen) atoms. The summed E-state index contributed by atoms with van der Waals surface area (Å²) in [6, 6.07) is 77.3. The molecule has 0 amide bonds. The molecule has 0 unspecified atom stereocenters. The second-order valence-corrected chi connectivity index (χ2v) is 13.8. The third-order valence-electron chi connectivity index (χ3n) is 9.96. The first kappa shape index (κ1) is 35.7. The Bertz CT molecular complexity index is 2510. The zero-order valence-electron chi connectivity index (χ0n) is 31.2. The second-order valence-electron chi connectivity index (χ2n) is 13.8. The van der Waals surface area contributed by atoms with Gasteiger partial charge in [-0.1, -0.05) is 243 Å². The molecular formula is C56H42. The fraction of sp³-hybridized carbons (Fsp3) is 0. The van der Waals surface area contributed by atoms with E-state index >= 15 is 0 Å².